The Morgan fingerprint density at radius 3 is 2.50 bits per heavy atom. The van der Waals surface area contributed by atoms with Crippen molar-refractivity contribution in [2.24, 2.45) is 0 Å². The van der Waals surface area contributed by atoms with Gasteiger partial charge in [-0.05, 0) is 31.2 Å². The first-order valence-electron chi connectivity index (χ1n) is 6.71. The smallest absolute Gasteiger partial charge is 0.354 e. The van der Waals surface area contributed by atoms with Crippen LogP contribution in [0.2, 0.25) is 5.02 Å². The topological polar surface area (TPSA) is 55.1 Å². The van der Waals surface area contributed by atoms with Gasteiger partial charge in [0, 0.05) is 10.6 Å². The molecule has 1 heterocycles. The molecule has 5 heteroatoms. The van der Waals surface area contributed by atoms with Crippen LogP contribution in [0, 0.1) is 6.92 Å². The lowest BCUT2D eigenvalue weighted by Gasteiger charge is -2.04. The maximum atomic E-state index is 11.5. The summed E-state index contributed by atoms with van der Waals surface area (Å²) in [6.45, 7) is 2.00. The van der Waals surface area contributed by atoms with E-state index in [0.29, 0.717) is 16.4 Å². The Morgan fingerprint density at radius 2 is 1.86 bits per heavy atom. The number of aryl methyl sites for hydroxylation is 1. The van der Waals surface area contributed by atoms with Gasteiger partial charge in [0.1, 0.15) is 0 Å². The van der Waals surface area contributed by atoms with Crippen LogP contribution in [0.4, 0.5) is 0 Å². The second-order valence-corrected chi connectivity index (χ2v) is 5.41. The lowest BCUT2D eigenvalue weighted by atomic mass is 10.1. The summed E-state index contributed by atoms with van der Waals surface area (Å²) in [5, 5.41) is 14.4. The van der Waals surface area contributed by atoms with E-state index in [9.17, 15) is 9.90 Å². The SMILES string of the molecule is Cc1ccc(-c2cc(C(=O)O)n(-c3cccc(Cl)c3)n2)cc1. The molecule has 1 N–H and O–H groups in total. The molecule has 2 aromatic carbocycles. The number of hydrogen-bond donors (Lipinski definition) is 1. The van der Waals surface area contributed by atoms with Gasteiger partial charge >= 0.3 is 5.97 Å². The highest BCUT2D eigenvalue weighted by Crippen LogP contribution is 2.23. The zero-order valence-corrected chi connectivity index (χ0v) is 12.6. The molecular formula is C17H13ClN2O2. The van der Waals surface area contributed by atoms with Crippen LogP contribution in [-0.2, 0) is 0 Å². The Kier molecular flexibility index (Phi) is 3.69. The highest BCUT2D eigenvalue weighted by atomic mass is 35.5. The second kappa shape index (κ2) is 5.66. The third kappa shape index (κ3) is 2.73. The molecule has 110 valence electrons. The van der Waals surface area contributed by atoms with Crippen molar-refractivity contribution in [3.63, 3.8) is 0 Å². The van der Waals surface area contributed by atoms with Crippen LogP contribution in [0.1, 0.15) is 16.1 Å². The Hall–Kier alpha value is -2.59. The van der Waals surface area contributed by atoms with Crippen molar-refractivity contribution in [3.05, 3.63) is 70.9 Å². The second-order valence-electron chi connectivity index (χ2n) is 4.98. The molecular weight excluding hydrogens is 300 g/mol. The summed E-state index contributed by atoms with van der Waals surface area (Å²) >= 11 is 5.98. The number of halogens is 1. The summed E-state index contributed by atoms with van der Waals surface area (Å²) in [7, 11) is 0. The number of carboxylic acid groups (broad SMARTS) is 1. The Balaban J connectivity index is 2.14. The van der Waals surface area contributed by atoms with Crippen molar-refractivity contribution in [1.29, 1.82) is 0 Å². The molecule has 3 aromatic rings. The maximum absolute atomic E-state index is 11.5. The minimum absolute atomic E-state index is 0.0952. The number of aromatic carboxylic acids is 1. The summed E-state index contributed by atoms with van der Waals surface area (Å²) in [5.41, 5.74) is 3.32. The molecule has 0 amide bonds. The maximum Gasteiger partial charge on any atom is 0.354 e. The van der Waals surface area contributed by atoms with E-state index >= 15 is 0 Å². The van der Waals surface area contributed by atoms with Crippen LogP contribution in [0.5, 0.6) is 0 Å². The first kappa shape index (κ1) is 14.4. The fraction of sp³-hybridized carbons (Fsp3) is 0.0588. The number of hydrogen-bond acceptors (Lipinski definition) is 2. The van der Waals surface area contributed by atoms with E-state index in [4.69, 9.17) is 11.6 Å². The molecule has 4 nitrogen and oxygen atoms in total. The van der Waals surface area contributed by atoms with Crippen LogP contribution >= 0.6 is 11.6 Å². The van der Waals surface area contributed by atoms with Gasteiger partial charge in [-0.15, -0.1) is 0 Å². The highest BCUT2D eigenvalue weighted by molar-refractivity contribution is 6.30. The van der Waals surface area contributed by atoms with Crippen molar-refractivity contribution in [2.45, 2.75) is 6.92 Å². The zero-order valence-electron chi connectivity index (χ0n) is 11.8. The number of benzene rings is 2. The Morgan fingerprint density at radius 1 is 1.14 bits per heavy atom. The third-order valence-electron chi connectivity index (χ3n) is 3.33. The van der Waals surface area contributed by atoms with E-state index in [0.717, 1.165) is 11.1 Å². The number of rotatable bonds is 3. The van der Waals surface area contributed by atoms with Crippen molar-refractivity contribution >= 4 is 17.6 Å². The van der Waals surface area contributed by atoms with E-state index in [1.54, 1.807) is 30.3 Å². The number of nitrogens with zero attached hydrogens (tertiary/aromatic N) is 2. The average molecular weight is 313 g/mol. The van der Waals surface area contributed by atoms with Gasteiger partial charge in [0.2, 0.25) is 0 Å². The van der Waals surface area contributed by atoms with Gasteiger partial charge < -0.3 is 5.11 Å². The van der Waals surface area contributed by atoms with Crippen molar-refractivity contribution in [1.82, 2.24) is 9.78 Å². The molecule has 0 bridgehead atoms. The molecule has 0 radical (unpaired) electrons. The molecule has 0 fully saturated rings. The first-order chi connectivity index (χ1) is 10.5. The van der Waals surface area contributed by atoms with Gasteiger partial charge in [0.25, 0.3) is 0 Å². The van der Waals surface area contributed by atoms with Crippen LogP contribution in [0.15, 0.2) is 54.6 Å². The van der Waals surface area contributed by atoms with Crippen LogP contribution in [0.25, 0.3) is 16.9 Å². The van der Waals surface area contributed by atoms with Crippen molar-refractivity contribution in [3.8, 4) is 16.9 Å². The van der Waals surface area contributed by atoms with Crippen LogP contribution in [0.3, 0.4) is 0 Å². The molecule has 3 rings (SSSR count). The lowest BCUT2D eigenvalue weighted by Crippen LogP contribution is -2.07. The zero-order chi connectivity index (χ0) is 15.7. The number of carboxylic acids is 1. The van der Waals surface area contributed by atoms with Gasteiger partial charge in [-0.1, -0.05) is 47.5 Å². The van der Waals surface area contributed by atoms with Gasteiger partial charge in [0.15, 0.2) is 5.69 Å². The summed E-state index contributed by atoms with van der Waals surface area (Å²) in [6, 6.07) is 16.3. The predicted molar refractivity (Wildman–Crippen MR) is 85.7 cm³/mol. The fourth-order valence-corrected chi connectivity index (χ4v) is 2.39. The highest BCUT2D eigenvalue weighted by Gasteiger charge is 2.16. The van der Waals surface area contributed by atoms with Crippen LogP contribution < -0.4 is 0 Å². The Labute approximate surface area is 132 Å². The molecule has 0 saturated heterocycles. The molecule has 0 aliphatic rings. The van der Waals surface area contributed by atoms with Crippen molar-refractivity contribution < 1.29 is 9.90 Å². The normalized spacial score (nSPS) is 10.6. The minimum Gasteiger partial charge on any atom is -0.477 e. The molecule has 1 aromatic heterocycles. The molecule has 0 atom stereocenters. The predicted octanol–water partition coefficient (Wildman–Crippen LogP) is 4.20. The summed E-state index contributed by atoms with van der Waals surface area (Å²) in [6.07, 6.45) is 0. The van der Waals surface area contributed by atoms with Gasteiger partial charge in [-0.25, -0.2) is 9.48 Å². The molecule has 0 saturated carbocycles. The molecule has 0 spiro atoms. The lowest BCUT2D eigenvalue weighted by molar-refractivity contribution is 0.0687. The standard InChI is InChI=1S/C17H13ClN2O2/c1-11-5-7-12(8-6-11)15-10-16(17(21)22)20(19-15)14-4-2-3-13(18)9-14/h2-10H,1H3,(H,21,22). The van der Waals surface area contributed by atoms with Gasteiger partial charge in [-0.2, -0.15) is 5.10 Å². The molecule has 22 heavy (non-hydrogen) atoms. The van der Waals surface area contributed by atoms with E-state index in [-0.39, 0.29) is 5.69 Å². The quantitative estimate of drug-likeness (QED) is 0.788. The van der Waals surface area contributed by atoms with E-state index in [2.05, 4.69) is 5.10 Å². The van der Waals surface area contributed by atoms with E-state index < -0.39 is 5.97 Å². The molecule has 0 aliphatic heterocycles. The average Bonchev–Trinajstić information content (AvgIpc) is 2.93. The monoisotopic (exact) mass is 312 g/mol. The molecule has 0 aliphatic carbocycles. The summed E-state index contributed by atoms with van der Waals surface area (Å²) < 4.78 is 1.39. The van der Waals surface area contributed by atoms with Crippen LogP contribution in [-0.4, -0.2) is 20.9 Å². The van der Waals surface area contributed by atoms with E-state index in [1.165, 1.54) is 4.68 Å². The van der Waals surface area contributed by atoms with Gasteiger partial charge in [-0.3, -0.25) is 0 Å². The minimum atomic E-state index is -1.04. The summed E-state index contributed by atoms with van der Waals surface area (Å²) in [5.74, 6) is -1.04. The number of carbonyl (C=O) groups is 1. The fourth-order valence-electron chi connectivity index (χ4n) is 2.20. The van der Waals surface area contributed by atoms with Crippen molar-refractivity contribution in [2.75, 3.05) is 0 Å². The Bertz CT molecular complexity index is 838. The van der Waals surface area contributed by atoms with Gasteiger partial charge in [0.05, 0.1) is 11.4 Å². The summed E-state index contributed by atoms with van der Waals surface area (Å²) in [4.78, 5) is 11.5. The molecule has 0 unspecified atom stereocenters. The largest absolute Gasteiger partial charge is 0.477 e. The third-order valence-corrected chi connectivity index (χ3v) is 3.56. The van der Waals surface area contributed by atoms with E-state index in [1.807, 2.05) is 31.2 Å². The number of aromatic nitrogens is 2. The first-order valence-corrected chi connectivity index (χ1v) is 7.09.